The average molecular weight is 775 g/mol. The van der Waals surface area contributed by atoms with Gasteiger partial charge in [-0.25, -0.2) is 0 Å². The first-order valence-electron chi connectivity index (χ1n) is 20.0. The van der Waals surface area contributed by atoms with Gasteiger partial charge in [-0.05, 0) is 95.6 Å². The van der Waals surface area contributed by atoms with Crippen molar-refractivity contribution in [1.29, 1.82) is 0 Å². The molecule has 4 heteroatoms. The van der Waals surface area contributed by atoms with Crippen molar-refractivity contribution in [3.8, 4) is 0 Å². The van der Waals surface area contributed by atoms with E-state index in [2.05, 4.69) is 222 Å². The maximum atomic E-state index is 6.46. The number of thiophene rings is 1. The summed E-state index contributed by atoms with van der Waals surface area (Å²) in [6.45, 7) is 0. The normalized spacial score (nSPS) is 11.5. The first-order chi connectivity index (χ1) is 29.3. The molecule has 0 spiro atoms. The standard InChI is InChI=1S/C55H38N2OS/c1-6-18-38(19-7-1)54(39-20-8-2-9-21-39)40-30-33-52-48(34-40)55-49(57(42-24-12-4-13-25-42)43-26-14-5-15-27-43)35-45(37-53(55)59-52)56(41-22-10-3-11-23-41)44-31-32-47-46-28-16-17-29-50(46)58-51(47)36-44/h1-37,54H. The number of hydrogen-bond donors (Lipinski definition) is 0. The molecule has 11 rings (SSSR count). The van der Waals surface area contributed by atoms with E-state index in [-0.39, 0.29) is 5.92 Å². The summed E-state index contributed by atoms with van der Waals surface area (Å²) in [5, 5.41) is 4.70. The molecule has 2 aromatic heterocycles. The van der Waals surface area contributed by atoms with Gasteiger partial charge in [0.05, 0.1) is 5.69 Å². The number of fused-ring (bicyclic) bond motifs is 6. The second-order valence-electron chi connectivity index (χ2n) is 14.9. The number of para-hydroxylation sites is 4. The van der Waals surface area contributed by atoms with Crippen LogP contribution in [0.15, 0.2) is 229 Å². The molecule has 0 unspecified atom stereocenters. The van der Waals surface area contributed by atoms with E-state index in [0.717, 1.165) is 56.1 Å². The van der Waals surface area contributed by atoms with Crippen LogP contribution in [0.1, 0.15) is 22.6 Å². The Kier molecular flexibility index (Phi) is 8.76. The van der Waals surface area contributed by atoms with Gasteiger partial charge < -0.3 is 14.2 Å². The summed E-state index contributed by atoms with van der Waals surface area (Å²) in [7, 11) is 0. The fraction of sp³-hybridized carbons (Fsp3) is 0.0182. The van der Waals surface area contributed by atoms with Crippen LogP contribution in [0.5, 0.6) is 0 Å². The Labute approximate surface area is 347 Å². The summed E-state index contributed by atoms with van der Waals surface area (Å²) in [6.07, 6.45) is 0. The molecule has 0 radical (unpaired) electrons. The SMILES string of the molecule is c1ccc(C(c2ccccc2)c2ccc3sc4cc(N(c5ccccc5)c5ccc6c(c5)oc5ccccc56)cc(N(c5ccccc5)c5ccccc5)c4c3c2)cc1. The van der Waals surface area contributed by atoms with Crippen LogP contribution >= 0.6 is 11.3 Å². The van der Waals surface area contributed by atoms with Gasteiger partial charge >= 0.3 is 0 Å². The highest BCUT2D eigenvalue weighted by Gasteiger charge is 2.25. The number of benzene rings is 9. The van der Waals surface area contributed by atoms with E-state index < -0.39 is 0 Å². The van der Waals surface area contributed by atoms with Crippen molar-refractivity contribution in [2.45, 2.75) is 5.92 Å². The minimum atomic E-state index is 0.0839. The molecule has 0 saturated carbocycles. The van der Waals surface area contributed by atoms with Crippen LogP contribution in [0.2, 0.25) is 0 Å². The van der Waals surface area contributed by atoms with Crippen LogP contribution in [0.3, 0.4) is 0 Å². The van der Waals surface area contributed by atoms with Crippen LogP contribution in [-0.2, 0) is 0 Å². The van der Waals surface area contributed by atoms with Gasteiger partial charge in [0.15, 0.2) is 0 Å². The van der Waals surface area contributed by atoms with Gasteiger partial charge in [0.1, 0.15) is 11.2 Å². The van der Waals surface area contributed by atoms with Crippen LogP contribution in [-0.4, -0.2) is 0 Å². The number of hydrogen-bond acceptors (Lipinski definition) is 4. The molecule has 0 atom stereocenters. The lowest BCUT2D eigenvalue weighted by Crippen LogP contribution is -2.13. The van der Waals surface area contributed by atoms with Crippen molar-refractivity contribution in [1.82, 2.24) is 0 Å². The summed E-state index contributed by atoms with van der Waals surface area (Å²) in [5.74, 6) is 0.0839. The number of rotatable bonds is 9. The molecule has 59 heavy (non-hydrogen) atoms. The van der Waals surface area contributed by atoms with Gasteiger partial charge in [-0.15, -0.1) is 11.3 Å². The minimum Gasteiger partial charge on any atom is -0.456 e. The summed E-state index contributed by atoms with van der Waals surface area (Å²) < 4.78 is 8.92. The van der Waals surface area contributed by atoms with E-state index in [1.807, 2.05) is 23.5 Å². The van der Waals surface area contributed by atoms with E-state index in [9.17, 15) is 0 Å². The lowest BCUT2D eigenvalue weighted by molar-refractivity contribution is 0.669. The van der Waals surface area contributed by atoms with E-state index in [1.54, 1.807) is 0 Å². The van der Waals surface area contributed by atoms with Crippen molar-refractivity contribution in [2.75, 3.05) is 9.80 Å². The molecule has 0 aliphatic carbocycles. The zero-order chi connectivity index (χ0) is 39.1. The van der Waals surface area contributed by atoms with Crippen molar-refractivity contribution >= 4 is 87.6 Å². The summed E-state index contributed by atoms with van der Waals surface area (Å²) in [5.41, 5.74) is 12.0. The zero-order valence-electron chi connectivity index (χ0n) is 32.2. The molecule has 2 heterocycles. The molecule has 0 saturated heterocycles. The average Bonchev–Trinajstić information content (AvgIpc) is 3.86. The molecule has 0 aliphatic heterocycles. The highest BCUT2D eigenvalue weighted by molar-refractivity contribution is 7.26. The Morgan fingerprint density at radius 2 is 0.881 bits per heavy atom. The van der Waals surface area contributed by atoms with Crippen LogP contribution in [0, 0.1) is 0 Å². The highest BCUT2D eigenvalue weighted by atomic mass is 32.1. The Morgan fingerprint density at radius 1 is 0.339 bits per heavy atom. The fourth-order valence-electron chi connectivity index (χ4n) is 8.70. The van der Waals surface area contributed by atoms with Crippen molar-refractivity contribution < 1.29 is 4.42 Å². The van der Waals surface area contributed by atoms with Crippen LogP contribution in [0.4, 0.5) is 34.1 Å². The van der Waals surface area contributed by atoms with Crippen molar-refractivity contribution in [3.05, 3.63) is 241 Å². The quantitative estimate of drug-likeness (QED) is 0.136. The van der Waals surface area contributed by atoms with Gasteiger partial charge in [-0.3, -0.25) is 0 Å². The van der Waals surface area contributed by atoms with Gasteiger partial charge in [0.25, 0.3) is 0 Å². The fourth-order valence-corrected chi connectivity index (χ4v) is 9.84. The van der Waals surface area contributed by atoms with Crippen molar-refractivity contribution in [3.63, 3.8) is 0 Å². The third kappa shape index (κ3) is 6.31. The molecule has 280 valence electrons. The molecule has 0 fully saturated rings. The molecule has 11 aromatic rings. The van der Waals surface area contributed by atoms with E-state index in [1.165, 1.54) is 36.9 Å². The van der Waals surface area contributed by atoms with E-state index in [0.29, 0.717) is 0 Å². The monoisotopic (exact) mass is 774 g/mol. The predicted molar refractivity (Wildman–Crippen MR) is 250 cm³/mol. The van der Waals surface area contributed by atoms with Crippen molar-refractivity contribution in [2.24, 2.45) is 0 Å². The van der Waals surface area contributed by atoms with Gasteiger partial charge in [-0.1, -0.05) is 140 Å². The Balaban J connectivity index is 1.19. The highest BCUT2D eigenvalue weighted by Crippen LogP contribution is 2.50. The molecule has 0 bridgehead atoms. The molecule has 9 aromatic carbocycles. The zero-order valence-corrected chi connectivity index (χ0v) is 33.0. The molecule has 0 aliphatic rings. The first-order valence-corrected chi connectivity index (χ1v) is 20.9. The summed E-state index contributed by atoms with van der Waals surface area (Å²) >= 11 is 1.85. The van der Waals surface area contributed by atoms with E-state index >= 15 is 0 Å². The van der Waals surface area contributed by atoms with E-state index in [4.69, 9.17) is 4.42 Å². The summed E-state index contributed by atoms with van der Waals surface area (Å²) in [6, 6.07) is 80.7. The van der Waals surface area contributed by atoms with Crippen LogP contribution < -0.4 is 9.80 Å². The lowest BCUT2D eigenvalue weighted by atomic mass is 9.84. The second-order valence-corrected chi connectivity index (χ2v) is 16.0. The third-order valence-corrected chi connectivity index (χ3v) is 12.4. The van der Waals surface area contributed by atoms with Gasteiger partial charge in [0, 0.05) is 71.4 Å². The minimum absolute atomic E-state index is 0.0839. The molecular weight excluding hydrogens is 737 g/mol. The maximum absolute atomic E-state index is 6.46. The Hall–Kier alpha value is -7.40. The van der Waals surface area contributed by atoms with Gasteiger partial charge in [-0.2, -0.15) is 0 Å². The molecular formula is C55H38N2OS. The number of nitrogens with zero attached hydrogens (tertiary/aromatic N) is 2. The Bertz CT molecular complexity index is 3140. The maximum Gasteiger partial charge on any atom is 0.137 e. The third-order valence-electron chi connectivity index (χ3n) is 11.3. The number of furan rings is 1. The predicted octanol–water partition coefficient (Wildman–Crippen LogP) is 16.1. The molecule has 3 nitrogen and oxygen atoms in total. The lowest BCUT2D eigenvalue weighted by Gasteiger charge is -2.30. The first kappa shape index (κ1) is 34.8. The smallest absolute Gasteiger partial charge is 0.137 e. The largest absolute Gasteiger partial charge is 0.456 e. The summed E-state index contributed by atoms with van der Waals surface area (Å²) in [4.78, 5) is 4.78. The van der Waals surface area contributed by atoms with Gasteiger partial charge in [0.2, 0.25) is 0 Å². The second kappa shape index (κ2) is 14.8. The topological polar surface area (TPSA) is 19.6 Å². The van der Waals surface area contributed by atoms with Crippen LogP contribution in [0.25, 0.3) is 42.1 Å². The number of anilines is 6. The molecule has 0 amide bonds. The molecule has 0 N–H and O–H groups in total. The Morgan fingerprint density at radius 3 is 1.51 bits per heavy atom.